The van der Waals surface area contributed by atoms with Crippen molar-refractivity contribution in [2.24, 2.45) is 0 Å². The van der Waals surface area contributed by atoms with Crippen molar-refractivity contribution in [3.63, 3.8) is 0 Å². The molecule has 0 bridgehead atoms. The predicted octanol–water partition coefficient (Wildman–Crippen LogP) is 3.89. The highest BCUT2D eigenvalue weighted by Gasteiger charge is 2.38. The van der Waals surface area contributed by atoms with Crippen molar-refractivity contribution in [1.82, 2.24) is 9.46 Å². The zero-order valence-electron chi connectivity index (χ0n) is 14.4. The molecule has 0 radical (unpaired) electrons. The van der Waals surface area contributed by atoms with Crippen LogP contribution in [-0.2, 0) is 16.4 Å². The highest BCUT2D eigenvalue weighted by atomic mass is 32.2. The van der Waals surface area contributed by atoms with Gasteiger partial charge in [0.05, 0.1) is 16.6 Å². The molecule has 1 aromatic heterocycles. The Kier molecular flexibility index (Phi) is 4.78. The largest absolute Gasteiger partial charge is 0.359 e. The summed E-state index contributed by atoms with van der Waals surface area (Å²) < 4.78 is 33.0. The maximum Gasteiger partial charge on any atom is 0.243 e. The van der Waals surface area contributed by atoms with Crippen LogP contribution in [-0.4, -0.2) is 24.4 Å². The molecule has 1 saturated heterocycles. The maximum atomic E-state index is 13.0. The Morgan fingerprint density at radius 3 is 2.58 bits per heavy atom. The standard InChI is InChI=1S/C18H24N2O3S/c1-4-15-12-18(23-19-15)17-6-5-11-20(17)24(21,22)16-9-7-14(8-10-16)13(2)3/h7-10,12-13,17H,4-6,11H2,1-3H3/t17-/m0/s1. The second-order valence-electron chi connectivity index (χ2n) is 6.57. The Morgan fingerprint density at radius 1 is 1.29 bits per heavy atom. The molecule has 0 unspecified atom stereocenters. The monoisotopic (exact) mass is 348 g/mol. The molecule has 5 nitrogen and oxygen atoms in total. The molecule has 0 amide bonds. The van der Waals surface area contributed by atoms with Crippen molar-refractivity contribution in [3.05, 3.63) is 47.3 Å². The van der Waals surface area contributed by atoms with E-state index in [0.29, 0.717) is 23.1 Å². The van der Waals surface area contributed by atoms with Crippen LogP contribution >= 0.6 is 0 Å². The van der Waals surface area contributed by atoms with Gasteiger partial charge in [0.25, 0.3) is 0 Å². The van der Waals surface area contributed by atoms with E-state index in [1.54, 1.807) is 16.4 Å². The molecule has 2 aromatic rings. The van der Waals surface area contributed by atoms with Crippen LogP contribution in [0.5, 0.6) is 0 Å². The summed E-state index contributed by atoms with van der Waals surface area (Å²) >= 11 is 0. The number of rotatable bonds is 5. The lowest BCUT2D eigenvalue weighted by atomic mass is 10.0. The van der Waals surface area contributed by atoms with Crippen molar-refractivity contribution in [1.29, 1.82) is 0 Å². The van der Waals surface area contributed by atoms with Gasteiger partial charge >= 0.3 is 0 Å². The summed E-state index contributed by atoms with van der Waals surface area (Å²) in [6.45, 7) is 6.70. The van der Waals surface area contributed by atoms with Gasteiger partial charge in [-0.25, -0.2) is 8.42 Å². The molecule has 1 atom stereocenters. The number of hydrogen-bond acceptors (Lipinski definition) is 4. The number of aromatic nitrogens is 1. The molecule has 24 heavy (non-hydrogen) atoms. The molecule has 0 N–H and O–H groups in total. The lowest BCUT2D eigenvalue weighted by Crippen LogP contribution is -2.30. The summed E-state index contributed by atoms with van der Waals surface area (Å²) in [5, 5.41) is 4.00. The van der Waals surface area contributed by atoms with E-state index in [-0.39, 0.29) is 6.04 Å². The SMILES string of the molecule is CCc1cc([C@@H]2CCCN2S(=O)(=O)c2ccc(C(C)C)cc2)on1. The third kappa shape index (κ3) is 3.13. The lowest BCUT2D eigenvalue weighted by Gasteiger charge is -2.22. The van der Waals surface area contributed by atoms with Crippen LogP contribution in [0, 0.1) is 0 Å². The molecule has 1 fully saturated rings. The van der Waals surface area contributed by atoms with E-state index >= 15 is 0 Å². The minimum atomic E-state index is -3.53. The van der Waals surface area contributed by atoms with Crippen LogP contribution in [0.2, 0.25) is 0 Å². The summed E-state index contributed by atoms with van der Waals surface area (Å²) in [4.78, 5) is 0.342. The van der Waals surface area contributed by atoms with Gasteiger partial charge in [-0.1, -0.05) is 38.1 Å². The van der Waals surface area contributed by atoms with E-state index in [2.05, 4.69) is 19.0 Å². The fourth-order valence-electron chi connectivity index (χ4n) is 3.12. The van der Waals surface area contributed by atoms with E-state index in [9.17, 15) is 8.42 Å². The van der Waals surface area contributed by atoms with Crippen LogP contribution in [0.15, 0.2) is 39.8 Å². The number of sulfonamides is 1. The molecule has 6 heteroatoms. The zero-order valence-corrected chi connectivity index (χ0v) is 15.2. The third-order valence-electron chi connectivity index (χ3n) is 4.62. The Bertz CT molecular complexity index is 794. The van der Waals surface area contributed by atoms with Crippen molar-refractivity contribution < 1.29 is 12.9 Å². The third-order valence-corrected chi connectivity index (χ3v) is 6.55. The molecule has 0 saturated carbocycles. The van der Waals surface area contributed by atoms with E-state index in [1.807, 2.05) is 25.1 Å². The molecule has 1 aromatic carbocycles. The Balaban J connectivity index is 1.90. The van der Waals surface area contributed by atoms with Gasteiger partial charge in [-0.2, -0.15) is 4.31 Å². The number of hydrogen-bond donors (Lipinski definition) is 0. The van der Waals surface area contributed by atoms with Gasteiger partial charge < -0.3 is 4.52 Å². The maximum absolute atomic E-state index is 13.0. The normalized spacial score (nSPS) is 19.2. The quantitative estimate of drug-likeness (QED) is 0.822. The molecule has 130 valence electrons. The van der Waals surface area contributed by atoms with Gasteiger partial charge in [-0.05, 0) is 42.9 Å². The summed E-state index contributed by atoms with van der Waals surface area (Å²) in [5.41, 5.74) is 1.99. The van der Waals surface area contributed by atoms with Crippen LogP contribution in [0.4, 0.5) is 0 Å². The molecule has 0 aliphatic carbocycles. The van der Waals surface area contributed by atoms with E-state index in [4.69, 9.17) is 4.52 Å². The van der Waals surface area contributed by atoms with Gasteiger partial charge in [0.1, 0.15) is 0 Å². The first kappa shape index (κ1) is 17.2. The minimum absolute atomic E-state index is 0.257. The van der Waals surface area contributed by atoms with Gasteiger partial charge in [-0.15, -0.1) is 0 Å². The average Bonchev–Trinajstić information content (AvgIpc) is 3.23. The fourth-order valence-corrected chi connectivity index (χ4v) is 4.79. The molecule has 3 rings (SSSR count). The Morgan fingerprint density at radius 2 is 2.00 bits per heavy atom. The van der Waals surface area contributed by atoms with Crippen molar-refractivity contribution in [2.75, 3.05) is 6.54 Å². The van der Waals surface area contributed by atoms with Gasteiger partial charge in [0, 0.05) is 12.6 Å². The molecule has 2 heterocycles. The van der Waals surface area contributed by atoms with Crippen LogP contribution in [0.25, 0.3) is 0 Å². The van der Waals surface area contributed by atoms with Crippen molar-refractivity contribution in [3.8, 4) is 0 Å². The molecule has 0 spiro atoms. The first-order valence-corrected chi connectivity index (χ1v) is 9.94. The highest BCUT2D eigenvalue weighted by molar-refractivity contribution is 7.89. The van der Waals surface area contributed by atoms with Gasteiger partial charge in [0.2, 0.25) is 10.0 Å². The van der Waals surface area contributed by atoms with Crippen LogP contribution in [0.1, 0.15) is 62.6 Å². The van der Waals surface area contributed by atoms with Gasteiger partial charge in [-0.3, -0.25) is 0 Å². The molecular weight excluding hydrogens is 324 g/mol. The highest BCUT2D eigenvalue weighted by Crippen LogP contribution is 2.37. The Hall–Kier alpha value is -1.66. The number of nitrogens with zero attached hydrogens (tertiary/aromatic N) is 2. The second kappa shape index (κ2) is 6.69. The number of benzene rings is 1. The molecule has 1 aliphatic heterocycles. The number of aryl methyl sites for hydroxylation is 1. The average molecular weight is 348 g/mol. The van der Waals surface area contributed by atoms with Crippen LogP contribution in [0.3, 0.4) is 0 Å². The molecular formula is C18H24N2O3S. The van der Waals surface area contributed by atoms with Crippen molar-refractivity contribution in [2.45, 2.75) is 56.9 Å². The second-order valence-corrected chi connectivity index (χ2v) is 8.46. The summed E-state index contributed by atoms with van der Waals surface area (Å²) in [5.74, 6) is 1.02. The fraction of sp³-hybridized carbons (Fsp3) is 0.500. The first-order chi connectivity index (χ1) is 11.4. The summed E-state index contributed by atoms with van der Waals surface area (Å²) in [6, 6.07) is 8.82. The van der Waals surface area contributed by atoms with E-state index < -0.39 is 10.0 Å². The predicted molar refractivity (Wildman–Crippen MR) is 92.3 cm³/mol. The molecule has 1 aliphatic rings. The van der Waals surface area contributed by atoms with E-state index in [1.165, 1.54) is 0 Å². The Labute approximate surface area is 143 Å². The van der Waals surface area contributed by atoms with Gasteiger partial charge in [0.15, 0.2) is 5.76 Å². The topological polar surface area (TPSA) is 63.4 Å². The smallest absolute Gasteiger partial charge is 0.243 e. The first-order valence-electron chi connectivity index (χ1n) is 8.50. The summed E-state index contributed by atoms with van der Waals surface area (Å²) in [6.07, 6.45) is 2.37. The lowest BCUT2D eigenvalue weighted by molar-refractivity contribution is 0.296. The zero-order chi connectivity index (χ0) is 17.3. The van der Waals surface area contributed by atoms with E-state index in [0.717, 1.165) is 30.5 Å². The minimum Gasteiger partial charge on any atom is -0.359 e. The van der Waals surface area contributed by atoms with Crippen molar-refractivity contribution >= 4 is 10.0 Å². The van der Waals surface area contributed by atoms with Crippen LogP contribution < -0.4 is 0 Å². The summed E-state index contributed by atoms with van der Waals surface area (Å²) in [7, 11) is -3.53.